The zero-order chi connectivity index (χ0) is 10.6. The summed E-state index contributed by atoms with van der Waals surface area (Å²) in [5.41, 5.74) is 3.03. The van der Waals surface area contributed by atoms with Crippen molar-refractivity contribution in [2.24, 2.45) is 5.84 Å². The van der Waals surface area contributed by atoms with Gasteiger partial charge in [-0.05, 0) is 46.2 Å². The molecule has 0 radical (unpaired) electrons. The van der Waals surface area contributed by atoms with E-state index in [4.69, 9.17) is 5.84 Å². The number of rotatable bonds is 5. The Bertz CT molecular complexity index is 183. The zero-order valence-corrected chi connectivity index (χ0v) is 9.42. The Morgan fingerprint density at radius 2 is 2.07 bits per heavy atom. The van der Waals surface area contributed by atoms with Crippen molar-refractivity contribution in [1.29, 1.82) is 0 Å². The van der Waals surface area contributed by atoms with Crippen molar-refractivity contribution in [2.45, 2.75) is 44.7 Å². The first-order chi connectivity index (χ1) is 6.62. The Hall–Kier alpha value is -0.380. The van der Waals surface area contributed by atoms with E-state index in [1.165, 1.54) is 25.9 Å². The quantitative estimate of drug-likeness (QED) is 0.396. The molecule has 3 N–H and O–H groups in total. The Morgan fingerprint density at radius 1 is 1.50 bits per heavy atom. The van der Waals surface area contributed by atoms with E-state index in [9.17, 15) is 0 Å². The lowest BCUT2D eigenvalue weighted by molar-refractivity contribution is 0.108. The minimum Gasteiger partial charge on any atom is -0.297 e. The smallest absolute Gasteiger partial charge is 0.0423 e. The van der Waals surface area contributed by atoms with Gasteiger partial charge in [-0.2, -0.15) is 0 Å². The molecule has 1 heterocycles. The lowest BCUT2D eigenvalue weighted by atomic mass is 9.90. The largest absolute Gasteiger partial charge is 0.297 e. The average molecular weight is 197 g/mol. The molecule has 0 aromatic rings. The van der Waals surface area contributed by atoms with E-state index in [2.05, 4.69) is 30.8 Å². The number of hydrazine groups is 1. The van der Waals surface area contributed by atoms with Gasteiger partial charge in [-0.25, -0.2) is 0 Å². The molecule has 0 amide bonds. The average Bonchev–Trinajstić information content (AvgIpc) is 2.66. The van der Waals surface area contributed by atoms with Crippen LogP contribution in [0.1, 0.15) is 33.1 Å². The van der Waals surface area contributed by atoms with Crippen LogP contribution in [0, 0.1) is 0 Å². The van der Waals surface area contributed by atoms with Gasteiger partial charge in [-0.15, -0.1) is 6.58 Å². The van der Waals surface area contributed by atoms with Crippen molar-refractivity contribution >= 4 is 0 Å². The van der Waals surface area contributed by atoms with Gasteiger partial charge in [0.1, 0.15) is 0 Å². The minimum absolute atomic E-state index is 0.124. The van der Waals surface area contributed by atoms with Crippen molar-refractivity contribution in [3.63, 3.8) is 0 Å². The molecular weight excluding hydrogens is 174 g/mol. The molecule has 0 bridgehead atoms. The Labute approximate surface area is 87.3 Å². The van der Waals surface area contributed by atoms with Crippen molar-refractivity contribution in [3.8, 4) is 0 Å². The van der Waals surface area contributed by atoms with Gasteiger partial charge in [0.25, 0.3) is 0 Å². The van der Waals surface area contributed by atoms with Crippen LogP contribution >= 0.6 is 0 Å². The molecule has 1 atom stereocenters. The van der Waals surface area contributed by atoms with Crippen LogP contribution in [0.15, 0.2) is 12.7 Å². The second-order valence-electron chi connectivity index (χ2n) is 4.59. The minimum atomic E-state index is 0.124. The highest BCUT2D eigenvalue weighted by molar-refractivity contribution is 4.97. The van der Waals surface area contributed by atoms with Gasteiger partial charge in [0.05, 0.1) is 0 Å². The topological polar surface area (TPSA) is 41.3 Å². The number of hydrogen-bond donors (Lipinski definition) is 2. The van der Waals surface area contributed by atoms with Crippen molar-refractivity contribution in [1.82, 2.24) is 10.3 Å². The van der Waals surface area contributed by atoms with Crippen molar-refractivity contribution < 1.29 is 0 Å². The molecular formula is C11H23N3. The molecule has 14 heavy (non-hydrogen) atoms. The second-order valence-corrected chi connectivity index (χ2v) is 4.59. The van der Waals surface area contributed by atoms with E-state index >= 15 is 0 Å². The van der Waals surface area contributed by atoms with Gasteiger partial charge < -0.3 is 0 Å². The Balaban J connectivity index is 2.63. The van der Waals surface area contributed by atoms with Crippen LogP contribution in [0.5, 0.6) is 0 Å². The van der Waals surface area contributed by atoms with Gasteiger partial charge in [0, 0.05) is 11.6 Å². The predicted octanol–water partition coefficient (Wildman–Crippen LogP) is 1.27. The number of nitrogens with zero attached hydrogens (tertiary/aromatic N) is 1. The van der Waals surface area contributed by atoms with E-state index < -0.39 is 0 Å². The first kappa shape index (κ1) is 11.7. The summed E-state index contributed by atoms with van der Waals surface area (Å²) in [5, 5.41) is 0. The van der Waals surface area contributed by atoms with E-state index in [1.54, 1.807) is 0 Å². The van der Waals surface area contributed by atoms with Crippen LogP contribution in [-0.4, -0.2) is 29.6 Å². The van der Waals surface area contributed by atoms with Gasteiger partial charge in [-0.3, -0.25) is 16.2 Å². The first-order valence-corrected chi connectivity index (χ1v) is 5.45. The summed E-state index contributed by atoms with van der Waals surface area (Å²) >= 11 is 0. The summed E-state index contributed by atoms with van der Waals surface area (Å²) < 4.78 is 0. The molecule has 1 rings (SSSR count). The van der Waals surface area contributed by atoms with Gasteiger partial charge in [0.2, 0.25) is 0 Å². The Kier molecular flexibility index (Phi) is 4.11. The van der Waals surface area contributed by atoms with Crippen LogP contribution in [0.3, 0.4) is 0 Å². The van der Waals surface area contributed by atoms with E-state index in [1.807, 2.05) is 6.08 Å². The molecule has 0 aromatic heterocycles. The molecule has 0 aliphatic carbocycles. The van der Waals surface area contributed by atoms with Gasteiger partial charge >= 0.3 is 0 Å². The zero-order valence-electron chi connectivity index (χ0n) is 9.42. The van der Waals surface area contributed by atoms with E-state index in [0.717, 1.165) is 6.42 Å². The molecule has 1 fully saturated rings. The highest BCUT2D eigenvalue weighted by Crippen LogP contribution is 2.25. The summed E-state index contributed by atoms with van der Waals surface area (Å²) in [4.78, 5) is 2.51. The second kappa shape index (κ2) is 4.91. The molecule has 1 saturated heterocycles. The fraction of sp³-hybridized carbons (Fsp3) is 0.818. The summed E-state index contributed by atoms with van der Waals surface area (Å²) in [6.45, 7) is 10.7. The lowest BCUT2D eigenvalue weighted by Crippen LogP contribution is -2.58. The molecule has 3 heteroatoms. The molecule has 1 aliphatic heterocycles. The monoisotopic (exact) mass is 197 g/mol. The summed E-state index contributed by atoms with van der Waals surface area (Å²) in [5.74, 6) is 5.59. The molecule has 1 aliphatic rings. The summed E-state index contributed by atoms with van der Waals surface area (Å²) in [6, 6.07) is 0.290. The van der Waals surface area contributed by atoms with Crippen molar-refractivity contribution in [3.05, 3.63) is 12.7 Å². The summed E-state index contributed by atoms with van der Waals surface area (Å²) in [7, 11) is 0. The number of likely N-dealkylation sites (tertiary alicyclic amines) is 1. The van der Waals surface area contributed by atoms with E-state index in [0.29, 0.717) is 0 Å². The fourth-order valence-corrected chi connectivity index (χ4v) is 2.24. The third-order valence-corrected chi connectivity index (χ3v) is 3.38. The van der Waals surface area contributed by atoms with E-state index in [-0.39, 0.29) is 11.6 Å². The molecule has 0 aromatic carbocycles. The molecule has 0 spiro atoms. The predicted molar refractivity (Wildman–Crippen MR) is 60.8 cm³/mol. The number of hydrogen-bond acceptors (Lipinski definition) is 3. The maximum atomic E-state index is 5.59. The van der Waals surface area contributed by atoms with Crippen LogP contribution in [-0.2, 0) is 0 Å². The molecule has 0 saturated carbocycles. The molecule has 3 nitrogen and oxygen atoms in total. The maximum Gasteiger partial charge on any atom is 0.0423 e. The lowest BCUT2D eigenvalue weighted by Gasteiger charge is -2.41. The standard InChI is InChI=1S/C11H23N3/c1-4-7-10(13-12)11(2,3)14-8-5-6-9-14/h4,10,13H,1,5-9,12H2,2-3H3. The van der Waals surface area contributed by atoms with Gasteiger partial charge in [0.15, 0.2) is 0 Å². The Morgan fingerprint density at radius 3 is 2.50 bits per heavy atom. The van der Waals surface area contributed by atoms with Crippen LogP contribution in [0.4, 0.5) is 0 Å². The highest BCUT2D eigenvalue weighted by Gasteiger charge is 2.35. The fourth-order valence-electron chi connectivity index (χ4n) is 2.24. The molecule has 82 valence electrons. The van der Waals surface area contributed by atoms with Crippen LogP contribution < -0.4 is 11.3 Å². The third kappa shape index (κ3) is 2.35. The SMILES string of the molecule is C=CCC(NN)C(C)(C)N1CCCC1. The van der Waals surface area contributed by atoms with Crippen LogP contribution in [0.25, 0.3) is 0 Å². The molecule has 1 unspecified atom stereocenters. The summed E-state index contributed by atoms with van der Waals surface area (Å²) in [6.07, 6.45) is 5.48. The highest BCUT2D eigenvalue weighted by atomic mass is 15.3. The van der Waals surface area contributed by atoms with Gasteiger partial charge in [-0.1, -0.05) is 6.08 Å². The third-order valence-electron chi connectivity index (χ3n) is 3.38. The number of nitrogens with two attached hydrogens (primary N) is 1. The maximum absolute atomic E-state index is 5.59. The number of nitrogens with one attached hydrogen (secondary N) is 1. The van der Waals surface area contributed by atoms with Crippen LogP contribution in [0.2, 0.25) is 0 Å². The first-order valence-electron chi connectivity index (χ1n) is 5.45. The normalized spacial score (nSPS) is 21.1. The van der Waals surface area contributed by atoms with Crippen molar-refractivity contribution in [2.75, 3.05) is 13.1 Å².